The zero-order valence-corrected chi connectivity index (χ0v) is 50.0. The molecule has 4 aliphatic rings. The third kappa shape index (κ3) is 12.9. The number of hydrogen-bond donors (Lipinski definition) is 0. The van der Waals surface area contributed by atoms with Gasteiger partial charge in [0.1, 0.15) is 17.5 Å². The van der Waals surface area contributed by atoms with Crippen LogP contribution in [0.2, 0.25) is 5.02 Å². The molecule has 0 amide bonds. The molecule has 0 fully saturated rings. The number of rotatable bonds is 0. The van der Waals surface area contributed by atoms with E-state index in [0.717, 1.165) is 90.0 Å². The van der Waals surface area contributed by atoms with Gasteiger partial charge in [0.2, 0.25) is 0 Å². The van der Waals surface area contributed by atoms with Crippen molar-refractivity contribution < 1.29 is 13.2 Å². The quantitative estimate of drug-likeness (QED) is 0.152. The first-order valence-electron chi connectivity index (χ1n) is 28.9. The predicted molar refractivity (Wildman–Crippen MR) is 325 cm³/mol. The van der Waals surface area contributed by atoms with Gasteiger partial charge in [0.05, 0.1) is 0 Å². The lowest BCUT2D eigenvalue weighted by Gasteiger charge is -2.33. The molecule has 0 saturated heterocycles. The van der Waals surface area contributed by atoms with Gasteiger partial charge in [-0.1, -0.05) is 161 Å². The number of hydrogen-bond acceptors (Lipinski definition) is 3. The Kier molecular flexibility index (Phi) is 17.2. The molecule has 5 aromatic carbocycles. The summed E-state index contributed by atoms with van der Waals surface area (Å²) < 4.78 is 41.7. The van der Waals surface area contributed by atoms with Crippen molar-refractivity contribution in [1.29, 1.82) is 0 Å². The summed E-state index contributed by atoms with van der Waals surface area (Å²) in [6.07, 6.45) is 15.1. The summed E-state index contributed by atoms with van der Waals surface area (Å²) in [6, 6.07) is 41.6. The smallest absolute Gasteiger partial charge is 0.126 e. The summed E-state index contributed by atoms with van der Waals surface area (Å²) in [5.74, 6) is 0.619. The summed E-state index contributed by atoms with van der Waals surface area (Å²) in [5, 5.41) is 0.845. The Morgan fingerprint density at radius 1 is 0.362 bits per heavy atom. The van der Waals surface area contributed by atoms with Gasteiger partial charge < -0.3 is 0 Å². The molecule has 3 heterocycles. The first-order chi connectivity index (χ1) is 37.9. The van der Waals surface area contributed by atoms with E-state index in [1.54, 1.807) is 30.3 Å². The molecule has 0 bridgehead atoms. The Morgan fingerprint density at radius 2 is 0.775 bits per heavy atom. The highest BCUT2D eigenvalue weighted by molar-refractivity contribution is 6.30. The van der Waals surface area contributed by atoms with Crippen molar-refractivity contribution >= 4 is 11.6 Å². The molecule has 80 heavy (non-hydrogen) atoms. The molecule has 0 saturated carbocycles. The summed E-state index contributed by atoms with van der Waals surface area (Å²) in [7, 11) is 0. The maximum Gasteiger partial charge on any atom is 0.126 e. The summed E-state index contributed by atoms with van der Waals surface area (Å²) in [6.45, 7) is 26.9. The van der Waals surface area contributed by atoms with E-state index in [1.165, 1.54) is 55.6 Å². The SMILES string of the molecule is CC(C)(C)C1c2cc(F)ccc2CCc2ncccc21.CC(C)(C)C1c2ccccc2CCc2ccc(Cl)cc21.CC(C)(C)C1c2cccnc2CCc2c(F)cccc21.CC(C)(C)C1c2cnccc2CCc2ccc(F)cc21. The van der Waals surface area contributed by atoms with E-state index in [1.807, 2.05) is 61.2 Å². The van der Waals surface area contributed by atoms with E-state index in [2.05, 4.69) is 159 Å². The molecule has 3 aromatic heterocycles. The molecular formula is C73H81ClF3N3. The highest BCUT2D eigenvalue weighted by Gasteiger charge is 2.37. The van der Waals surface area contributed by atoms with Gasteiger partial charge in [-0.25, -0.2) is 13.2 Å². The fourth-order valence-corrected chi connectivity index (χ4v) is 13.7. The van der Waals surface area contributed by atoms with Crippen molar-refractivity contribution in [2.75, 3.05) is 0 Å². The second-order valence-electron chi connectivity index (χ2n) is 26.9. The number of benzene rings is 5. The minimum atomic E-state index is -0.148. The first-order valence-corrected chi connectivity index (χ1v) is 29.3. The van der Waals surface area contributed by atoms with E-state index in [-0.39, 0.29) is 56.9 Å². The number of nitrogens with zero attached hydrogens (tertiary/aromatic N) is 3. The van der Waals surface area contributed by atoms with Crippen molar-refractivity contribution in [2.24, 2.45) is 21.7 Å². The second-order valence-corrected chi connectivity index (χ2v) is 27.3. The number of pyridine rings is 3. The number of fused-ring (bicyclic) bond motifs is 8. The van der Waals surface area contributed by atoms with Crippen molar-refractivity contribution in [1.82, 2.24) is 15.0 Å². The van der Waals surface area contributed by atoms with Crippen molar-refractivity contribution in [3.63, 3.8) is 0 Å². The van der Waals surface area contributed by atoms with Gasteiger partial charge >= 0.3 is 0 Å². The average molecular weight is 1090 g/mol. The molecule has 8 aromatic rings. The van der Waals surface area contributed by atoms with Crippen LogP contribution in [0, 0.1) is 39.1 Å². The van der Waals surface area contributed by atoms with Crippen LogP contribution in [0.1, 0.15) is 196 Å². The van der Waals surface area contributed by atoms with Gasteiger partial charge in [-0.3, -0.25) is 15.0 Å². The molecule has 0 N–H and O–H groups in total. The maximum atomic E-state index is 14.2. The van der Waals surface area contributed by atoms with Crippen LogP contribution in [0.3, 0.4) is 0 Å². The van der Waals surface area contributed by atoms with Gasteiger partial charge in [-0.2, -0.15) is 0 Å². The molecule has 4 aliphatic carbocycles. The first kappa shape index (κ1) is 58.3. The molecule has 0 aliphatic heterocycles. The topological polar surface area (TPSA) is 38.7 Å². The Morgan fingerprint density at radius 3 is 1.32 bits per heavy atom. The van der Waals surface area contributed by atoms with Gasteiger partial charge in [0.15, 0.2) is 0 Å². The molecule has 4 unspecified atom stereocenters. The molecule has 416 valence electrons. The summed E-state index contributed by atoms with van der Waals surface area (Å²) in [5.41, 5.74) is 20.2. The van der Waals surface area contributed by atoms with E-state index < -0.39 is 0 Å². The zero-order valence-electron chi connectivity index (χ0n) is 49.3. The van der Waals surface area contributed by atoms with Crippen LogP contribution in [-0.4, -0.2) is 15.0 Å². The Hall–Kier alpha value is -6.37. The Bertz CT molecular complexity index is 3160. The molecule has 0 spiro atoms. The minimum Gasteiger partial charge on any atom is -0.264 e. The lowest BCUT2D eigenvalue weighted by molar-refractivity contribution is 0.356. The maximum absolute atomic E-state index is 14.2. The van der Waals surface area contributed by atoms with Crippen molar-refractivity contribution in [3.05, 3.63) is 264 Å². The van der Waals surface area contributed by atoms with E-state index in [0.29, 0.717) is 5.92 Å². The lowest BCUT2D eigenvalue weighted by Crippen LogP contribution is -2.21. The van der Waals surface area contributed by atoms with Crippen LogP contribution >= 0.6 is 11.6 Å². The van der Waals surface area contributed by atoms with Gasteiger partial charge in [-0.05, 0) is 212 Å². The third-order valence-corrected chi connectivity index (χ3v) is 17.1. The van der Waals surface area contributed by atoms with E-state index >= 15 is 0 Å². The van der Waals surface area contributed by atoms with Crippen LogP contribution in [0.4, 0.5) is 13.2 Å². The van der Waals surface area contributed by atoms with Gasteiger partial charge in [0, 0.05) is 64.9 Å². The van der Waals surface area contributed by atoms with Gasteiger partial charge in [0.25, 0.3) is 0 Å². The third-order valence-electron chi connectivity index (χ3n) is 16.9. The van der Waals surface area contributed by atoms with Crippen LogP contribution in [0.15, 0.2) is 152 Å². The fraction of sp³-hybridized carbons (Fsp3) is 0.384. The van der Waals surface area contributed by atoms with E-state index in [4.69, 9.17) is 11.6 Å². The van der Waals surface area contributed by atoms with E-state index in [9.17, 15) is 13.2 Å². The average Bonchev–Trinajstić information content (AvgIpc) is 3.83. The predicted octanol–water partition coefficient (Wildman–Crippen LogP) is 19.1. The number of halogens is 4. The highest BCUT2D eigenvalue weighted by Crippen LogP contribution is 2.49. The highest BCUT2D eigenvalue weighted by atomic mass is 35.5. The minimum absolute atomic E-state index is 0.0324. The lowest BCUT2D eigenvalue weighted by atomic mass is 9.71. The van der Waals surface area contributed by atoms with Crippen LogP contribution < -0.4 is 0 Å². The monoisotopic (exact) mass is 1090 g/mol. The van der Waals surface area contributed by atoms with Crippen LogP contribution in [-0.2, 0) is 51.4 Å². The number of aromatic nitrogens is 3. The largest absolute Gasteiger partial charge is 0.264 e. The zero-order chi connectivity index (χ0) is 57.3. The van der Waals surface area contributed by atoms with Crippen molar-refractivity contribution in [3.8, 4) is 0 Å². The van der Waals surface area contributed by atoms with Crippen molar-refractivity contribution in [2.45, 2.75) is 158 Å². The Balaban J connectivity index is 0.000000129. The molecular weight excluding hydrogens is 1010 g/mol. The molecule has 0 radical (unpaired) electrons. The van der Waals surface area contributed by atoms with Gasteiger partial charge in [-0.15, -0.1) is 0 Å². The molecule has 3 nitrogen and oxygen atoms in total. The molecule has 4 atom stereocenters. The van der Waals surface area contributed by atoms with Crippen LogP contribution in [0.5, 0.6) is 0 Å². The summed E-state index contributed by atoms with van der Waals surface area (Å²) >= 11 is 6.27. The standard InChI is InChI=1S/C19H21Cl.3C18H20FN/c1-19(2,3)18-16-7-5-4-6-13(16)8-9-14-10-11-15(20)12-17(14)18;1-18(2,3)17-13-6-4-8-15(19)12(13)9-10-16-14(17)7-5-11-20-16;1-18(2,3)17-14-5-4-10-20-16(14)9-7-12-6-8-13(19)11-15(12)17;1-18(2,3)17-15-10-14(19)7-6-12(15)4-5-13-8-9-20-11-16(13)17/h4-7,10-12,18H,8-9H2,1-3H3;4-8,11,17H,9-10H2,1-3H3;4-6,8,10-11,17H,7,9H2,1-3H3;6-11,17H,4-5H2,1-3H3. The fourth-order valence-electron chi connectivity index (χ4n) is 13.5. The normalized spacial score (nSPS) is 18.1. The molecule has 7 heteroatoms. The number of aryl methyl sites for hydroxylation is 7. The Labute approximate surface area is 481 Å². The molecule has 12 rings (SSSR count). The van der Waals surface area contributed by atoms with Crippen LogP contribution in [0.25, 0.3) is 0 Å². The summed E-state index contributed by atoms with van der Waals surface area (Å²) in [4.78, 5) is 13.4. The second kappa shape index (κ2) is 23.6.